The highest BCUT2D eigenvalue weighted by Gasteiger charge is 2.42. The zero-order chi connectivity index (χ0) is 28.5. The van der Waals surface area contributed by atoms with E-state index in [9.17, 15) is 0 Å². The zero-order valence-corrected chi connectivity index (χ0v) is 25.6. The Morgan fingerprint density at radius 3 is 2.55 bits per heavy atom. The average Bonchev–Trinajstić information content (AvgIpc) is 3.25. The number of nitrogens with zero attached hydrogens (tertiary/aromatic N) is 3. The summed E-state index contributed by atoms with van der Waals surface area (Å²) in [4.78, 5) is 12.8. The summed E-state index contributed by atoms with van der Waals surface area (Å²) in [5.74, 6) is 2.95. The maximum atomic E-state index is 5.30. The Hall–Kier alpha value is -3.25. The minimum atomic E-state index is -0.0412. The topological polar surface area (TPSA) is 53.1 Å². The largest absolute Gasteiger partial charge is 0.364 e. The second kappa shape index (κ2) is 11.3. The SMILES string of the molecule is C=C1NSc2cccc(n2)NC(/C=C/c2ccccc2)CC(C)C2CN(c3nc(C(C)(C)C)ccc31)C(C)(C)C2. The van der Waals surface area contributed by atoms with E-state index in [0.717, 1.165) is 53.0 Å². The molecule has 3 unspecified atom stereocenters. The van der Waals surface area contributed by atoms with Crippen molar-refractivity contribution in [2.45, 2.75) is 76.4 Å². The van der Waals surface area contributed by atoms with Crippen LogP contribution in [0.5, 0.6) is 0 Å². The molecule has 0 saturated carbocycles. The third kappa shape index (κ3) is 6.38. The molecular formula is C34H43N5S. The lowest BCUT2D eigenvalue weighted by Crippen LogP contribution is -2.40. The van der Waals surface area contributed by atoms with E-state index < -0.39 is 0 Å². The second-order valence-corrected chi connectivity index (χ2v) is 13.8. The van der Waals surface area contributed by atoms with Gasteiger partial charge in [0.1, 0.15) is 16.7 Å². The molecule has 0 aliphatic carbocycles. The molecule has 2 aliphatic rings. The van der Waals surface area contributed by atoms with Gasteiger partial charge < -0.3 is 14.9 Å². The fourth-order valence-electron chi connectivity index (χ4n) is 5.84. The van der Waals surface area contributed by atoms with Crippen LogP contribution in [0.2, 0.25) is 0 Å². The van der Waals surface area contributed by atoms with Crippen LogP contribution < -0.4 is 14.9 Å². The third-order valence-electron chi connectivity index (χ3n) is 8.22. The Balaban J connectivity index is 1.54. The molecule has 3 aromatic rings. The second-order valence-electron chi connectivity index (χ2n) is 13.0. The highest BCUT2D eigenvalue weighted by molar-refractivity contribution is 7.97. The minimum absolute atomic E-state index is 0.0175. The Bertz CT molecular complexity index is 1370. The maximum absolute atomic E-state index is 5.30. The summed E-state index contributed by atoms with van der Waals surface area (Å²) >= 11 is 1.49. The van der Waals surface area contributed by atoms with Crippen molar-refractivity contribution in [1.82, 2.24) is 14.7 Å². The van der Waals surface area contributed by atoms with E-state index in [2.05, 4.69) is 130 Å². The van der Waals surface area contributed by atoms with Crippen LogP contribution in [0.3, 0.4) is 0 Å². The Morgan fingerprint density at radius 1 is 1.02 bits per heavy atom. The van der Waals surface area contributed by atoms with E-state index in [1.807, 2.05) is 6.07 Å². The predicted octanol–water partition coefficient (Wildman–Crippen LogP) is 8.18. The maximum Gasteiger partial charge on any atom is 0.138 e. The molecule has 0 spiro atoms. The first-order chi connectivity index (χ1) is 19.0. The summed E-state index contributed by atoms with van der Waals surface area (Å²) in [6.07, 6.45) is 6.66. The van der Waals surface area contributed by atoms with Gasteiger partial charge in [-0.05, 0) is 68.4 Å². The fraction of sp³-hybridized carbons (Fsp3) is 0.412. The summed E-state index contributed by atoms with van der Waals surface area (Å²) in [6, 6.07) is 21.2. The first-order valence-electron chi connectivity index (χ1n) is 14.4. The van der Waals surface area contributed by atoms with E-state index in [1.165, 1.54) is 17.5 Å². The Morgan fingerprint density at radius 2 is 1.80 bits per heavy atom. The van der Waals surface area contributed by atoms with E-state index in [0.29, 0.717) is 11.8 Å². The van der Waals surface area contributed by atoms with Crippen molar-refractivity contribution >= 4 is 35.4 Å². The summed E-state index contributed by atoms with van der Waals surface area (Å²) in [6.45, 7) is 19.2. The molecule has 4 bridgehead atoms. The molecule has 1 aromatic carbocycles. The number of fused-ring (bicyclic) bond motifs is 6. The number of hydrogen-bond acceptors (Lipinski definition) is 6. The molecule has 2 aromatic heterocycles. The summed E-state index contributed by atoms with van der Waals surface area (Å²) in [5, 5.41) is 4.62. The number of pyridine rings is 2. The monoisotopic (exact) mass is 553 g/mol. The molecule has 6 heteroatoms. The molecule has 1 fully saturated rings. The number of rotatable bonds is 2. The van der Waals surface area contributed by atoms with E-state index in [4.69, 9.17) is 9.97 Å². The van der Waals surface area contributed by atoms with Gasteiger partial charge in [0.15, 0.2) is 0 Å². The number of nitrogens with one attached hydrogen (secondary N) is 2. The predicted molar refractivity (Wildman–Crippen MR) is 171 cm³/mol. The first kappa shape index (κ1) is 28.3. The van der Waals surface area contributed by atoms with Gasteiger partial charge in [-0.1, -0.05) is 82.8 Å². The lowest BCUT2D eigenvalue weighted by molar-refractivity contribution is 0.338. The van der Waals surface area contributed by atoms with Gasteiger partial charge in [0.05, 0.1) is 0 Å². The molecule has 0 radical (unpaired) electrons. The van der Waals surface area contributed by atoms with Crippen LogP contribution in [-0.2, 0) is 5.41 Å². The van der Waals surface area contributed by atoms with Crippen molar-refractivity contribution in [3.05, 3.63) is 90.1 Å². The van der Waals surface area contributed by atoms with Gasteiger partial charge in [-0.3, -0.25) is 0 Å². The zero-order valence-electron chi connectivity index (χ0n) is 24.7. The first-order valence-corrected chi connectivity index (χ1v) is 15.2. The highest BCUT2D eigenvalue weighted by atomic mass is 32.2. The van der Waals surface area contributed by atoms with Crippen molar-refractivity contribution in [3.8, 4) is 0 Å². The average molecular weight is 554 g/mol. The molecule has 40 heavy (non-hydrogen) atoms. The summed E-state index contributed by atoms with van der Waals surface area (Å²) in [5.41, 5.74) is 4.14. The van der Waals surface area contributed by atoms with Gasteiger partial charge in [-0.15, -0.1) is 0 Å². The van der Waals surface area contributed by atoms with Crippen molar-refractivity contribution in [2.24, 2.45) is 11.8 Å². The lowest BCUT2D eigenvalue weighted by atomic mass is 9.84. The van der Waals surface area contributed by atoms with Crippen molar-refractivity contribution in [2.75, 3.05) is 16.8 Å². The molecule has 0 amide bonds. The smallest absolute Gasteiger partial charge is 0.138 e. The van der Waals surface area contributed by atoms with Gasteiger partial charge in [0.2, 0.25) is 0 Å². The molecular weight excluding hydrogens is 510 g/mol. The molecule has 210 valence electrons. The molecule has 3 atom stereocenters. The molecule has 1 saturated heterocycles. The number of hydrogen-bond donors (Lipinski definition) is 2. The lowest BCUT2D eigenvalue weighted by Gasteiger charge is -2.35. The number of aromatic nitrogens is 2. The van der Waals surface area contributed by atoms with Crippen LogP contribution in [0.4, 0.5) is 11.6 Å². The number of benzene rings is 1. The van der Waals surface area contributed by atoms with Gasteiger partial charge >= 0.3 is 0 Å². The molecule has 2 N–H and O–H groups in total. The standard InChI is InChI=1S/C34H43N5S/c1-23-20-27(17-16-25-12-9-8-10-13-25)35-30-14-11-15-31(37-30)40-38-24(2)28-18-19-29(33(3,4)5)36-32(28)39-22-26(23)21-34(39,6)7/h8-19,23,26-27,38H,2,20-22H2,1,3-7H3,(H,35,37)/b17-16+. The summed E-state index contributed by atoms with van der Waals surface area (Å²) in [7, 11) is 0. The summed E-state index contributed by atoms with van der Waals surface area (Å²) < 4.78 is 3.48. The van der Waals surface area contributed by atoms with Crippen molar-refractivity contribution in [1.29, 1.82) is 0 Å². The molecule has 5 rings (SSSR count). The van der Waals surface area contributed by atoms with Crippen LogP contribution in [0.1, 0.15) is 71.2 Å². The molecule has 4 heterocycles. The third-order valence-corrected chi connectivity index (χ3v) is 9.01. The normalized spacial score (nSPS) is 23.1. The van der Waals surface area contributed by atoms with Gasteiger partial charge in [-0.2, -0.15) is 0 Å². The van der Waals surface area contributed by atoms with E-state index >= 15 is 0 Å². The number of anilines is 2. The van der Waals surface area contributed by atoms with Crippen LogP contribution in [0.15, 0.2) is 78.3 Å². The van der Waals surface area contributed by atoms with E-state index in [-0.39, 0.29) is 17.0 Å². The fourth-order valence-corrected chi connectivity index (χ4v) is 6.47. The Kier molecular flexibility index (Phi) is 8.01. The Labute approximate surface area is 244 Å². The minimum Gasteiger partial charge on any atom is -0.364 e. The van der Waals surface area contributed by atoms with Crippen molar-refractivity contribution < 1.29 is 0 Å². The molecule has 5 nitrogen and oxygen atoms in total. The van der Waals surface area contributed by atoms with Crippen molar-refractivity contribution in [3.63, 3.8) is 0 Å². The van der Waals surface area contributed by atoms with E-state index in [1.54, 1.807) is 0 Å². The van der Waals surface area contributed by atoms with Crippen LogP contribution in [0.25, 0.3) is 11.8 Å². The highest BCUT2D eigenvalue weighted by Crippen LogP contribution is 2.43. The van der Waals surface area contributed by atoms with Crippen LogP contribution in [0, 0.1) is 11.8 Å². The van der Waals surface area contributed by atoms with Crippen LogP contribution >= 0.6 is 11.9 Å². The quantitative estimate of drug-likeness (QED) is 0.312. The molecule has 2 aliphatic heterocycles. The van der Waals surface area contributed by atoms with Gasteiger partial charge in [0.25, 0.3) is 0 Å². The van der Waals surface area contributed by atoms with Gasteiger partial charge in [-0.25, -0.2) is 9.97 Å². The van der Waals surface area contributed by atoms with Crippen LogP contribution in [-0.4, -0.2) is 28.1 Å². The van der Waals surface area contributed by atoms with Gasteiger partial charge in [0, 0.05) is 52.4 Å².